The molecule has 128 valence electrons. The van der Waals surface area contributed by atoms with Gasteiger partial charge in [0.2, 0.25) is 0 Å². The molecule has 0 atom stereocenters. The second kappa shape index (κ2) is 9.33. The zero-order valence-electron chi connectivity index (χ0n) is 13.0. The predicted molar refractivity (Wildman–Crippen MR) is 102 cm³/mol. The number of amides is 1. The van der Waals surface area contributed by atoms with Crippen molar-refractivity contribution in [3.05, 3.63) is 74.9 Å². The zero-order chi connectivity index (χ0) is 18.2. The first kappa shape index (κ1) is 19.1. The number of nitrogens with one attached hydrogen (secondary N) is 2. The van der Waals surface area contributed by atoms with Gasteiger partial charge in [-0.3, -0.25) is 4.79 Å². The van der Waals surface area contributed by atoms with E-state index in [1.54, 1.807) is 18.2 Å². The first-order chi connectivity index (χ1) is 12.0. The van der Waals surface area contributed by atoms with Crippen LogP contribution in [0.1, 0.15) is 5.56 Å². The summed E-state index contributed by atoms with van der Waals surface area (Å²) in [5.41, 5.74) is 1.48. The van der Waals surface area contributed by atoms with E-state index in [1.165, 1.54) is 12.3 Å². The normalized spacial score (nSPS) is 10.9. The number of nitrogens with zero attached hydrogens (tertiary/aromatic N) is 1. The average Bonchev–Trinajstić information content (AvgIpc) is 2.58. The molecule has 0 aromatic heterocycles. The average molecular weight is 395 g/mol. The molecule has 0 saturated heterocycles. The fraction of sp³-hybridized carbons (Fsp3) is 0.111. The summed E-state index contributed by atoms with van der Waals surface area (Å²) < 4.78 is 0. The van der Waals surface area contributed by atoms with Gasteiger partial charge < -0.3 is 10.6 Å². The maximum absolute atomic E-state index is 12.1. The molecule has 0 fully saturated rings. The van der Waals surface area contributed by atoms with E-state index in [-0.39, 0.29) is 5.57 Å². The van der Waals surface area contributed by atoms with Crippen LogP contribution in [0, 0.1) is 11.3 Å². The van der Waals surface area contributed by atoms with E-state index in [2.05, 4.69) is 10.6 Å². The number of benzene rings is 2. The first-order valence-electron chi connectivity index (χ1n) is 7.34. The second-order valence-corrected chi connectivity index (χ2v) is 6.34. The van der Waals surface area contributed by atoms with Crippen LogP contribution in [0.5, 0.6) is 0 Å². The summed E-state index contributed by atoms with van der Waals surface area (Å²) in [5, 5.41) is 16.1. The summed E-state index contributed by atoms with van der Waals surface area (Å²) in [7, 11) is 0. The molecule has 0 aliphatic heterocycles. The summed E-state index contributed by atoms with van der Waals surface area (Å²) in [6.07, 6.45) is 2.10. The topological polar surface area (TPSA) is 64.9 Å². The van der Waals surface area contributed by atoms with Crippen molar-refractivity contribution in [1.82, 2.24) is 5.32 Å². The molecule has 7 heteroatoms. The molecule has 2 aromatic carbocycles. The first-order valence-corrected chi connectivity index (χ1v) is 8.47. The van der Waals surface area contributed by atoms with Crippen molar-refractivity contribution in [2.45, 2.75) is 6.42 Å². The molecule has 2 aromatic rings. The predicted octanol–water partition coefficient (Wildman–Crippen LogP) is 4.83. The van der Waals surface area contributed by atoms with Gasteiger partial charge in [-0.1, -0.05) is 46.9 Å². The van der Waals surface area contributed by atoms with Gasteiger partial charge in [0.05, 0.1) is 10.0 Å². The second-order valence-electron chi connectivity index (χ2n) is 5.09. The Balaban J connectivity index is 1.91. The SMILES string of the molecule is N#C/C(=C/NCCc1cccc(Cl)c1)C(=O)Nc1ccc(Cl)c(Cl)c1. The monoisotopic (exact) mass is 393 g/mol. The Morgan fingerprint density at radius 2 is 1.92 bits per heavy atom. The summed E-state index contributed by atoms with van der Waals surface area (Å²) in [4.78, 5) is 12.1. The Labute approximate surface area is 161 Å². The van der Waals surface area contributed by atoms with Crippen LogP contribution in [0.3, 0.4) is 0 Å². The van der Waals surface area contributed by atoms with E-state index in [9.17, 15) is 4.79 Å². The number of carbonyl (C=O) groups is 1. The number of hydrogen-bond acceptors (Lipinski definition) is 3. The van der Waals surface area contributed by atoms with Crippen molar-refractivity contribution < 1.29 is 4.79 Å². The van der Waals surface area contributed by atoms with E-state index in [0.29, 0.717) is 33.7 Å². The molecule has 4 nitrogen and oxygen atoms in total. The third-order valence-corrected chi connectivity index (χ3v) is 4.21. The van der Waals surface area contributed by atoms with Gasteiger partial charge in [-0.25, -0.2) is 0 Å². The lowest BCUT2D eigenvalue weighted by molar-refractivity contribution is -0.112. The van der Waals surface area contributed by atoms with Gasteiger partial charge in [0.25, 0.3) is 5.91 Å². The number of nitriles is 1. The number of anilines is 1. The molecule has 0 spiro atoms. The largest absolute Gasteiger partial charge is 0.389 e. The van der Waals surface area contributed by atoms with Gasteiger partial charge in [-0.2, -0.15) is 5.26 Å². The molecule has 0 unspecified atom stereocenters. The lowest BCUT2D eigenvalue weighted by Crippen LogP contribution is -2.18. The van der Waals surface area contributed by atoms with Crippen LogP contribution >= 0.6 is 34.8 Å². The van der Waals surface area contributed by atoms with Crippen LogP contribution in [0.25, 0.3) is 0 Å². The molecule has 1 amide bonds. The van der Waals surface area contributed by atoms with Crippen LogP contribution in [0.2, 0.25) is 15.1 Å². The van der Waals surface area contributed by atoms with E-state index in [1.807, 2.05) is 24.3 Å². The van der Waals surface area contributed by atoms with Gasteiger partial charge in [0.1, 0.15) is 11.6 Å². The smallest absolute Gasteiger partial charge is 0.267 e. The quantitative estimate of drug-likeness (QED) is 0.419. The highest BCUT2D eigenvalue weighted by molar-refractivity contribution is 6.42. The van der Waals surface area contributed by atoms with Crippen molar-refractivity contribution in [3.63, 3.8) is 0 Å². The summed E-state index contributed by atoms with van der Waals surface area (Å²) in [6.45, 7) is 0.561. The Morgan fingerprint density at radius 1 is 1.12 bits per heavy atom. The van der Waals surface area contributed by atoms with E-state index < -0.39 is 5.91 Å². The van der Waals surface area contributed by atoms with Crippen molar-refractivity contribution in [1.29, 1.82) is 5.26 Å². The molecule has 0 bridgehead atoms. The van der Waals surface area contributed by atoms with Gasteiger partial charge in [-0.15, -0.1) is 0 Å². The zero-order valence-corrected chi connectivity index (χ0v) is 15.3. The number of hydrogen-bond donors (Lipinski definition) is 2. The molecule has 0 aliphatic carbocycles. The van der Waals surface area contributed by atoms with Crippen molar-refractivity contribution in [3.8, 4) is 6.07 Å². The maximum Gasteiger partial charge on any atom is 0.267 e. The third kappa shape index (κ3) is 5.99. The molecular weight excluding hydrogens is 381 g/mol. The number of carbonyl (C=O) groups excluding carboxylic acids is 1. The van der Waals surface area contributed by atoms with Crippen molar-refractivity contribution >= 4 is 46.4 Å². The van der Waals surface area contributed by atoms with Crippen LogP contribution in [-0.4, -0.2) is 12.5 Å². The standard InChI is InChI=1S/C18H14Cl3N3O/c19-14-3-1-2-12(8-14)6-7-23-11-13(10-22)18(25)24-15-4-5-16(20)17(21)9-15/h1-5,8-9,11,23H,6-7H2,(H,24,25)/b13-11-. The van der Waals surface area contributed by atoms with Crippen molar-refractivity contribution in [2.75, 3.05) is 11.9 Å². The third-order valence-electron chi connectivity index (χ3n) is 3.24. The Hall–Kier alpha value is -2.19. The van der Waals surface area contributed by atoms with Gasteiger partial charge in [0, 0.05) is 23.5 Å². The van der Waals surface area contributed by atoms with E-state index >= 15 is 0 Å². The minimum atomic E-state index is -0.531. The van der Waals surface area contributed by atoms with Crippen LogP contribution < -0.4 is 10.6 Å². The summed E-state index contributed by atoms with van der Waals surface area (Å²) >= 11 is 17.6. The van der Waals surface area contributed by atoms with E-state index in [4.69, 9.17) is 40.1 Å². The Kier molecular flexibility index (Phi) is 7.15. The molecule has 0 saturated carbocycles. The number of halogens is 3. The molecule has 2 rings (SSSR count). The maximum atomic E-state index is 12.1. The highest BCUT2D eigenvalue weighted by Crippen LogP contribution is 2.25. The summed E-state index contributed by atoms with van der Waals surface area (Å²) in [6, 6.07) is 14.1. The Morgan fingerprint density at radius 3 is 2.60 bits per heavy atom. The fourth-order valence-electron chi connectivity index (χ4n) is 2.00. The highest BCUT2D eigenvalue weighted by atomic mass is 35.5. The van der Waals surface area contributed by atoms with E-state index in [0.717, 1.165) is 5.56 Å². The van der Waals surface area contributed by atoms with Gasteiger partial charge in [0.15, 0.2) is 0 Å². The number of rotatable bonds is 6. The van der Waals surface area contributed by atoms with Gasteiger partial charge >= 0.3 is 0 Å². The molecule has 2 N–H and O–H groups in total. The molecule has 0 heterocycles. The molecule has 25 heavy (non-hydrogen) atoms. The Bertz CT molecular complexity index is 844. The highest BCUT2D eigenvalue weighted by Gasteiger charge is 2.10. The summed E-state index contributed by atoms with van der Waals surface area (Å²) in [5.74, 6) is -0.531. The molecular formula is C18H14Cl3N3O. The van der Waals surface area contributed by atoms with Crippen LogP contribution in [-0.2, 0) is 11.2 Å². The fourth-order valence-corrected chi connectivity index (χ4v) is 2.52. The van der Waals surface area contributed by atoms with Crippen LogP contribution in [0.15, 0.2) is 54.2 Å². The molecule has 0 aliphatic rings. The minimum Gasteiger partial charge on any atom is -0.389 e. The van der Waals surface area contributed by atoms with Crippen LogP contribution in [0.4, 0.5) is 5.69 Å². The lowest BCUT2D eigenvalue weighted by Gasteiger charge is -2.06. The van der Waals surface area contributed by atoms with Gasteiger partial charge in [-0.05, 0) is 42.3 Å². The van der Waals surface area contributed by atoms with Crippen molar-refractivity contribution in [2.24, 2.45) is 0 Å². The minimum absolute atomic E-state index is 0.0443. The molecule has 0 radical (unpaired) electrons. The lowest BCUT2D eigenvalue weighted by atomic mass is 10.1.